The smallest absolute Gasteiger partial charge is 0.0965 e. The van der Waals surface area contributed by atoms with Gasteiger partial charge < -0.3 is 10.5 Å². The van der Waals surface area contributed by atoms with Crippen molar-refractivity contribution in [1.29, 1.82) is 0 Å². The van der Waals surface area contributed by atoms with Gasteiger partial charge in [-0.1, -0.05) is 6.07 Å². The summed E-state index contributed by atoms with van der Waals surface area (Å²) in [6, 6.07) is 4.04. The molecule has 0 saturated heterocycles. The summed E-state index contributed by atoms with van der Waals surface area (Å²) >= 11 is 0. The largest absolute Gasteiger partial charge is 0.366 e. The number of pyridine rings is 1. The normalized spacial score (nSPS) is 10.5. The van der Waals surface area contributed by atoms with E-state index < -0.39 is 0 Å². The summed E-state index contributed by atoms with van der Waals surface area (Å²) in [6.45, 7) is 2.82. The Morgan fingerprint density at radius 2 is 2.40 bits per heavy atom. The third-order valence-corrected chi connectivity index (χ3v) is 2.00. The first kappa shape index (κ1) is 12.1. The molecule has 1 heterocycles. The summed E-state index contributed by atoms with van der Waals surface area (Å²) in [5, 5.41) is 3.07. The Labute approximate surface area is 90.8 Å². The average Bonchev–Trinajstić information content (AvgIpc) is 2.29. The van der Waals surface area contributed by atoms with Gasteiger partial charge in [-0.25, -0.2) is 0 Å². The molecule has 0 aliphatic carbocycles. The SMILES string of the molecule is NCCNCOCCCc1cccnc1. The maximum Gasteiger partial charge on any atom is 0.0965 e. The molecule has 84 valence electrons. The summed E-state index contributed by atoms with van der Waals surface area (Å²) in [4.78, 5) is 4.06. The molecule has 0 fully saturated rings. The molecule has 0 aromatic carbocycles. The number of hydrogen-bond acceptors (Lipinski definition) is 4. The Morgan fingerprint density at radius 3 is 3.13 bits per heavy atom. The highest BCUT2D eigenvalue weighted by molar-refractivity contribution is 5.08. The fourth-order valence-corrected chi connectivity index (χ4v) is 1.24. The number of nitrogens with two attached hydrogens (primary N) is 1. The predicted octanol–water partition coefficient (Wildman–Crippen LogP) is 0.537. The van der Waals surface area contributed by atoms with Gasteiger partial charge in [-0.15, -0.1) is 0 Å². The molecular formula is C11H19N3O. The number of nitrogens with one attached hydrogen (secondary N) is 1. The van der Waals surface area contributed by atoms with Crippen LogP contribution in [-0.4, -0.2) is 31.4 Å². The summed E-state index contributed by atoms with van der Waals surface area (Å²) in [5.41, 5.74) is 6.58. The molecule has 1 aromatic rings. The van der Waals surface area contributed by atoms with Crippen molar-refractivity contribution < 1.29 is 4.74 Å². The van der Waals surface area contributed by atoms with Crippen LogP contribution in [0.15, 0.2) is 24.5 Å². The van der Waals surface area contributed by atoms with Crippen LogP contribution in [0.4, 0.5) is 0 Å². The second-order valence-electron chi connectivity index (χ2n) is 3.31. The summed E-state index contributed by atoms with van der Waals surface area (Å²) in [7, 11) is 0. The monoisotopic (exact) mass is 209 g/mol. The zero-order valence-electron chi connectivity index (χ0n) is 8.98. The molecule has 0 radical (unpaired) electrons. The van der Waals surface area contributed by atoms with Crippen molar-refractivity contribution in [2.24, 2.45) is 5.73 Å². The Balaban J connectivity index is 1.93. The molecule has 4 heteroatoms. The summed E-state index contributed by atoms with van der Waals surface area (Å²) in [6.07, 6.45) is 5.73. The molecule has 0 spiro atoms. The van der Waals surface area contributed by atoms with Crippen molar-refractivity contribution in [3.8, 4) is 0 Å². The first-order valence-electron chi connectivity index (χ1n) is 5.31. The van der Waals surface area contributed by atoms with Gasteiger partial charge in [0.15, 0.2) is 0 Å². The first-order chi connectivity index (χ1) is 7.43. The number of aromatic nitrogens is 1. The lowest BCUT2D eigenvalue weighted by Gasteiger charge is -2.04. The number of aryl methyl sites for hydroxylation is 1. The lowest BCUT2D eigenvalue weighted by molar-refractivity contribution is 0.115. The van der Waals surface area contributed by atoms with Crippen LogP contribution in [0.3, 0.4) is 0 Å². The fourth-order valence-electron chi connectivity index (χ4n) is 1.24. The van der Waals surface area contributed by atoms with E-state index >= 15 is 0 Å². The molecule has 0 aliphatic heterocycles. The van der Waals surface area contributed by atoms with Crippen LogP contribution in [-0.2, 0) is 11.2 Å². The Kier molecular flexibility index (Phi) is 6.73. The zero-order chi connectivity index (χ0) is 10.8. The molecule has 4 nitrogen and oxygen atoms in total. The van der Waals surface area contributed by atoms with E-state index in [1.807, 2.05) is 12.3 Å². The molecule has 0 bridgehead atoms. The van der Waals surface area contributed by atoms with Gasteiger partial charge in [0.2, 0.25) is 0 Å². The van der Waals surface area contributed by atoms with Crippen molar-refractivity contribution in [1.82, 2.24) is 10.3 Å². The number of hydrogen-bond donors (Lipinski definition) is 2. The zero-order valence-corrected chi connectivity index (χ0v) is 8.98. The predicted molar refractivity (Wildman–Crippen MR) is 60.4 cm³/mol. The van der Waals surface area contributed by atoms with E-state index in [4.69, 9.17) is 10.5 Å². The number of nitrogens with zero attached hydrogens (tertiary/aromatic N) is 1. The van der Waals surface area contributed by atoms with E-state index in [-0.39, 0.29) is 0 Å². The van der Waals surface area contributed by atoms with Crippen molar-refractivity contribution in [2.45, 2.75) is 12.8 Å². The van der Waals surface area contributed by atoms with E-state index in [0.29, 0.717) is 13.3 Å². The van der Waals surface area contributed by atoms with Crippen molar-refractivity contribution in [3.05, 3.63) is 30.1 Å². The number of rotatable bonds is 8. The second kappa shape index (κ2) is 8.35. The van der Waals surface area contributed by atoms with E-state index in [1.54, 1.807) is 6.20 Å². The minimum absolute atomic E-state index is 0.588. The van der Waals surface area contributed by atoms with Gasteiger partial charge in [-0.3, -0.25) is 10.3 Å². The number of ether oxygens (including phenoxy) is 1. The molecule has 1 rings (SSSR count). The van der Waals surface area contributed by atoms with Crippen LogP contribution in [0.25, 0.3) is 0 Å². The lowest BCUT2D eigenvalue weighted by atomic mass is 10.2. The fraction of sp³-hybridized carbons (Fsp3) is 0.545. The van der Waals surface area contributed by atoms with E-state index in [1.165, 1.54) is 5.56 Å². The maximum absolute atomic E-state index is 5.37. The molecule has 15 heavy (non-hydrogen) atoms. The molecule has 1 aromatic heterocycles. The first-order valence-corrected chi connectivity index (χ1v) is 5.31. The van der Waals surface area contributed by atoms with Crippen LogP contribution in [0, 0.1) is 0 Å². The van der Waals surface area contributed by atoms with Gasteiger partial charge in [0.05, 0.1) is 6.73 Å². The van der Waals surface area contributed by atoms with Crippen molar-refractivity contribution >= 4 is 0 Å². The van der Waals surface area contributed by atoms with Crippen LogP contribution in [0.1, 0.15) is 12.0 Å². The van der Waals surface area contributed by atoms with Crippen molar-refractivity contribution in [2.75, 3.05) is 26.4 Å². The van der Waals surface area contributed by atoms with E-state index in [9.17, 15) is 0 Å². The molecule has 0 unspecified atom stereocenters. The third-order valence-electron chi connectivity index (χ3n) is 2.00. The molecule has 0 saturated carbocycles. The standard InChI is InChI=1S/C11H19N3O/c12-5-7-14-10-15-8-2-4-11-3-1-6-13-9-11/h1,3,6,9,14H,2,4-5,7-8,10,12H2. The average molecular weight is 209 g/mol. The highest BCUT2D eigenvalue weighted by Gasteiger charge is 1.92. The second-order valence-corrected chi connectivity index (χ2v) is 3.31. The topological polar surface area (TPSA) is 60.2 Å². The van der Waals surface area contributed by atoms with Gasteiger partial charge in [-0.05, 0) is 24.5 Å². The summed E-state index contributed by atoms with van der Waals surface area (Å²) in [5.74, 6) is 0. The lowest BCUT2D eigenvalue weighted by Crippen LogP contribution is -2.25. The van der Waals surface area contributed by atoms with Crippen molar-refractivity contribution in [3.63, 3.8) is 0 Å². The summed E-state index contributed by atoms with van der Waals surface area (Å²) < 4.78 is 5.37. The Hall–Kier alpha value is -0.970. The van der Waals surface area contributed by atoms with Gasteiger partial charge in [0.1, 0.15) is 0 Å². The van der Waals surface area contributed by atoms with Gasteiger partial charge in [-0.2, -0.15) is 0 Å². The van der Waals surface area contributed by atoms with Gasteiger partial charge >= 0.3 is 0 Å². The Bertz CT molecular complexity index is 241. The minimum atomic E-state index is 0.588. The van der Waals surface area contributed by atoms with Crippen LogP contribution in [0.5, 0.6) is 0 Å². The van der Waals surface area contributed by atoms with E-state index in [2.05, 4.69) is 16.4 Å². The van der Waals surface area contributed by atoms with Crippen LogP contribution < -0.4 is 11.1 Å². The molecular weight excluding hydrogens is 190 g/mol. The molecule has 0 amide bonds. The Morgan fingerprint density at radius 1 is 1.47 bits per heavy atom. The molecule has 0 atom stereocenters. The highest BCUT2D eigenvalue weighted by Crippen LogP contribution is 1.99. The highest BCUT2D eigenvalue weighted by atomic mass is 16.5. The molecule has 0 aliphatic rings. The van der Waals surface area contributed by atoms with Gasteiger partial charge in [0.25, 0.3) is 0 Å². The van der Waals surface area contributed by atoms with Crippen LogP contribution in [0.2, 0.25) is 0 Å². The van der Waals surface area contributed by atoms with Gasteiger partial charge in [0, 0.05) is 32.1 Å². The molecule has 3 N–H and O–H groups in total. The minimum Gasteiger partial charge on any atom is -0.366 e. The van der Waals surface area contributed by atoms with E-state index in [0.717, 1.165) is 26.0 Å². The van der Waals surface area contributed by atoms with Crippen LogP contribution >= 0.6 is 0 Å². The quantitative estimate of drug-likeness (QED) is 0.484. The maximum atomic E-state index is 5.37. The third kappa shape index (κ3) is 6.17.